The average Bonchev–Trinajstić information content (AvgIpc) is 2.61. The van der Waals surface area contributed by atoms with Gasteiger partial charge >= 0.3 is 0 Å². The lowest BCUT2D eigenvalue weighted by Crippen LogP contribution is -2.30. The molecule has 0 radical (unpaired) electrons. The summed E-state index contributed by atoms with van der Waals surface area (Å²) in [7, 11) is 1.57. The second-order valence-electron chi connectivity index (χ2n) is 5.49. The minimum Gasteiger partial charge on any atom is -0.497 e. The summed E-state index contributed by atoms with van der Waals surface area (Å²) in [4.78, 5) is 1.49. The molecule has 2 rings (SSSR count). The molecule has 0 aliphatic carbocycles. The van der Waals surface area contributed by atoms with E-state index in [-0.39, 0.29) is 0 Å². The molecule has 0 amide bonds. The van der Waals surface area contributed by atoms with E-state index in [9.17, 15) is 8.78 Å². The van der Waals surface area contributed by atoms with Crippen LogP contribution in [0.5, 0.6) is 5.75 Å². The average molecular weight is 345 g/mol. The van der Waals surface area contributed by atoms with Gasteiger partial charge in [-0.2, -0.15) is 0 Å². The van der Waals surface area contributed by atoms with E-state index in [0.717, 1.165) is 5.56 Å². The fourth-order valence-corrected chi connectivity index (χ4v) is 2.39. The molecule has 0 aromatic heterocycles. The van der Waals surface area contributed by atoms with Gasteiger partial charge in [0, 0.05) is 23.7 Å². The number of alkyl halides is 2. The topological polar surface area (TPSA) is 48.4 Å². The van der Waals surface area contributed by atoms with Crippen LogP contribution >= 0.6 is 0 Å². The van der Waals surface area contributed by atoms with Crippen molar-refractivity contribution in [1.29, 1.82) is 5.41 Å². The number of nitrogens with one attached hydrogen (secondary N) is 2. The Balaban J connectivity index is 2.51. The SMILES string of the molecule is C=C1C=CC(N/C=C(/C)C=N)=C(c2ccc(OC)cc2)N1CC(F)F. The van der Waals surface area contributed by atoms with Gasteiger partial charge in [0.1, 0.15) is 5.75 Å². The zero-order valence-corrected chi connectivity index (χ0v) is 14.2. The van der Waals surface area contributed by atoms with Crippen LogP contribution in [-0.2, 0) is 0 Å². The fourth-order valence-electron chi connectivity index (χ4n) is 2.39. The Labute approximate surface area is 146 Å². The molecule has 0 bridgehead atoms. The largest absolute Gasteiger partial charge is 0.497 e. The monoisotopic (exact) mass is 345 g/mol. The van der Waals surface area contributed by atoms with Crippen LogP contribution in [0.25, 0.3) is 5.70 Å². The molecule has 0 atom stereocenters. The number of methoxy groups -OCH3 is 1. The number of hydrogen-bond donors (Lipinski definition) is 2. The molecule has 132 valence electrons. The maximum atomic E-state index is 13.1. The second-order valence-corrected chi connectivity index (χ2v) is 5.49. The molecule has 0 saturated carbocycles. The summed E-state index contributed by atoms with van der Waals surface area (Å²) in [5.41, 5.74) is 3.21. The van der Waals surface area contributed by atoms with Crippen molar-refractivity contribution in [1.82, 2.24) is 10.2 Å². The Morgan fingerprint density at radius 3 is 2.56 bits per heavy atom. The van der Waals surface area contributed by atoms with Crippen molar-refractivity contribution < 1.29 is 13.5 Å². The third kappa shape index (κ3) is 4.56. The van der Waals surface area contributed by atoms with Crippen LogP contribution in [0.15, 0.2) is 66.2 Å². The summed E-state index contributed by atoms with van der Waals surface area (Å²) in [6.07, 6.45) is 3.84. The Morgan fingerprint density at radius 2 is 2.00 bits per heavy atom. The fraction of sp³-hybridized carbons (Fsp3) is 0.211. The Morgan fingerprint density at radius 1 is 1.32 bits per heavy atom. The lowest BCUT2D eigenvalue weighted by molar-refractivity contribution is 0.123. The number of rotatable bonds is 7. The highest BCUT2D eigenvalue weighted by molar-refractivity contribution is 5.76. The van der Waals surface area contributed by atoms with Crippen LogP contribution < -0.4 is 10.1 Å². The highest BCUT2D eigenvalue weighted by atomic mass is 19.3. The number of benzene rings is 1. The number of allylic oxidation sites excluding steroid dienone is 3. The van der Waals surface area contributed by atoms with Gasteiger partial charge in [-0.1, -0.05) is 6.58 Å². The maximum absolute atomic E-state index is 13.1. The van der Waals surface area contributed by atoms with Gasteiger partial charge in [-0.25, -0.2) is 8.78 Å². The van der Waals surface area contributed by atoms with E-state index >= 15 is 0 Å². The van der Waals surface area contributed by atoms with E-state index < -0.39 is 13.0 Å². The minimum atomic E-state index is -2.50. The van der Waals surface area contributed by atoms with Gasteiger partial charge in [0.05, 0.1) is 25.0 Å². The molecule has 4 nitrogen and oxygen atoms in total. The van der Waals surface area contributed by atoms with Crippen molar-refractivity contribution in [3.05, 3.63) is 71.7 Å². The molecule has 0 spiro atoms. The van der Waals surface area contributed by atoms with Crippen molar-refractivity contribution in [3.63, 3.8) is 0 Å². The van der Waals surface area contributed by atoms with Crippen LogP contribution in [0.2, 0.25) is 0 Å². The summed E-state index contributed by atoms with van der Waals surface area (Å²) < 4.78 is 31.3. The molecule has 0 fully saturated rings. The summed E-state index contributed by atoms with van der Waals surface area (Å²) >= 11 is 0. The normalized spacial score (nSPS) is 15.0. The number of hydrogen-bond acceptors (Lipinski definition) is 4. The van der Waals surface area contributed by atoms with Crippen molar-refractivity contribution in [2.24, 2.45) is 0 Å². The van der Waals surface area contributed by atoms with Gasteiger partial charge in [0.2, 0.25) is 0 Å². The van der Waals surface area contributed by atoms with E-state index in [1.807, 2.05) is 12.1 Å². The zero-order chi connectivity index (χ0) is 18.4. The predicted molar refractivity (Wildman–Crippen MR) is 96.6 cm³/mol. The second kappa shape index (κ2) is 8.28. The van der Waals surface area contributed by atoms with Crippen LogP contribution in [0.3, 0.4) is 0 Å². The molecule has 0 unspecified atom stereocenters. The van der Waals surface area contributed by atoms with Gasteiger partial charge in [-0.3, -0.25) is 0 Å². The summed E-state index contributed by atoms with van der Waals surface area (Å²) in [5, 5.41) is 10.3. The summed E-state index contributed by atoms with van der Waals surface area (Å²) in [6.45, 7) is 5.19. The van der Waals surface area contributed by atoms with E-state index in [4.69, 9.17) is 10.1 Å². The Kier molecular flexibility index (Phi) is 6.11. The highest BCUT2D eigenvalue weighted by Gasteiger charge is 2.23. The van der Waals surface area contributed by atoms with Crippen LogP contribution in [0.4, 0.5) is 8.78 Å². The number of ether oxygens (including phenoxy) is 1. The first-order chi connectivity index (χ1) is 12.0. The van der Waals surface area contributed by atoms with Crippen molar-refractivity contribution in [2.75, 3.05) is 13.7 Å². The Hall–Kier alpha value is -2.89. The van der Waals surface area contributed by atoms with Crippen LogP contribution in [0.1, 0.15) is 12.5 Å². The maximum Gasteiger partial charge on any atom is 0.256 e. The molecule has 1 aromatic rings. The lowest BCUT2D eigenvalue weighted by atomic mass is 10.0. The first-order valence-electron chi connectivity index (χ1n) is 7.71. The van der Waals surface area contributed by atoms with Crippen molar-refractivity contribution in [2.45, 2.75) is 13.3 Å². The minimum absolute atomic E-state index is 0.455. The molecule has 25 heavy (non-hydrogen) atoms. The standard InChI is InChI=1S/C19H21F2N3O/c1-13(10-22)11-23-17-9-4-14(2)24(12-18(20)21)19(17)15-5-7-16(25-3)8-6-15/h4-11,18,22-23H,2,12H2,1,3H3/b13-11-,22-10?. The van der Waals surface area contributed by atoms with Gasteiger partial charge in [-0.15, -0.1) is 0 Å². The van der Waals surface area contributed by atoms with Crippen LogP contribution in [-0.4, -0.2) is 31.2 Å². The van der Waals surface area contributed by atoms with E-state index in [0.29, 0.717) is 28.4 Å². The third-order valence-corrected chi connectivity index (χ3v) is 3.68. The molecular weight excluding hydrogens is 324 g/mol. The smallest absolute Gasteiger partial charge is 0.256 e. The molecule has 6 heteroatoms. The molecule has 2 N–H and O–H groups in total. The van der Waals surface area contributed by atoms with Gasteiger partial charge in [0.25, 0.3) is 6.43 Å². The highest BCUT2D eigenvalue weighted by Crippen LogP contribution is 2.32. The lowest BCUT2D eigenvalue weighted by Gasteiger charge is -2.32. The predicted octanol–water partition coefficient (Wildman–Crippen LogP) is 4.16. The first-order valence-corrected chi connectivity index (χ1v) is 7.71. The van der Waals surface area contributed by atoms with Gasteiger partial charge < -0.3 is 20.4 Å². The Bertz CT molecular complexity index is 734. The molecule has 1 aromatic carbocycles. The number of halogens is 2. The molecule has 0 saturated heterocycles. The van der Waals surface area contributed by atoms with Gasteiger partial charge in [0.15, 0.2) is 0 Å². The number of nitrogens with zero attached hydrogens (tertiary/aromatic N) is 1. The van der Waals surface area contributed by atoms with Crippen molar-refractivity contribution in [3.8, 4) is 5.75 Å². The quantitative estimate of drug-likeness (QED) is 0.730. The molecule has 1 aliphatic heterocycles. The third-order valence-electron chi connectivity index (χ3n) is 3.68. The molecule has 1 heterocycles. The van der Waals surface area contributed by atoms with Crippen LogP contribution in [0, 0.1) is 5.41 Å². The summed E-state index contributed by atoms with van der Waals surface area (Å²) in [6, 6.07) is 7.18. The van der Waals surface area contributed by atoms with E-state index in [1.54, 1.807) is 44.5 Å². The van der Waals surface area contributed by atoms with Crippen molar-refractivity contribution >= 4 is 11.9 Å². The first kappa shape index (κ1) is 18.4. The van der Waals surface area contributed by atoms with E-state index in [2.05, 4.69) is 11.9 Å². The summed E-state index contributed by atoms with van der Waals surface area (Å²) in [5.74, 6) is 0.684. The zero-order valence-electron chi connectivity index (χ0n) is 14.2. The molecule has 1 aliphatic rings. The van der Waals surface area contributed by atoms with Gasteiger partial charge in [-0.05, 0) is 48.9 Å². The van der Waals surface area contributed by atoms with E-state index in [1.165, 1.54) is 11.1 Å². The molecular formula is C19H21F2N3O.